The molecule has 1 aromatic rings. The van der Waals surface area contributed by atoms with Crippen LogP contribution in [0.5, 0.6) is 0 Å². The second-order valence-corrected chi connectivity index (χ2v) is 3.81. The molecule has 2 N–H and O–H groups in total. The Labute approximate surface area is 96.1 Å². The summed E-state index contributed by atoms with van der Waals surface area (Å²) >= 11 is 0. The van der Waals surface area contributed by atoms with Crippen molar-refractivity contribution in [3.8, 4) is 0 Å². The molecule has 0 aliphatic heterocycles. The van der Waals surface area contributed by atoms with Crippen molar-refractivity contribution in [2.24, 2.45) is 5.73 Å². The Bertz CT molecular complexity index is 363. The van der Waals surface area contributed by atoms with Gasteiger partial charge in [-0.05, 0) is 13.3 Å². The summed E-state index contributed by atoms with van der Waals surface area (Å²) < 4.78 is 47.0. The number of methoxy groups -OCH3 is 1. The first-order valence-corrected chi connectivity index (χ1v) is 4.96. The fraction of sp³-hybridized carbons (Fsp3) is 0.778. The summed E-state index contributed by atoms with van der Waals surface area (Å²) in [5.74, 6) is -0.435. The third-order valence-electron chi connectivity index (χ3n) is 2.25. The van der Waals surface area contributed by atoms with Crippen molar-refractivity contribution >= 4 is 0 Å². The molecule has 0 aliphatic rings. The number of hydrogen-bond donors (Lipinski definition) is 1. The molecule has 0 saturated heterocycles. The van der Waals surface area contributed by atoms with E-state index in [4.69, 9.17) is 10.5 Å². The van der Waals surface area contributed by atoms with Crippen LogP contribution in [0.2, 0.25) is 0 Å². The highest BCUT2D eigenvalue weighted by Gasteiger charge is 2.53. The van der Waals surface area contributed by atoms with E-state index < -0.39 is 17.6 Å². The first-order chi connectivity index (χ1) is 7.79. The number of ether oxygens (including phenoxy) is 1. The molecule has 5 nitrogen and oxygen atoms in total. The van der Waals surface area contributed by atoms with E-state index in [-0.39, 0.29) is 5.82 Å². The standard InChI is InChI=1S/C9H14F3N3O2/c1-8(13,9(10,11)12)7-14-6(15-17-7)4-3-5-16-2/h3-5,13H2,1-2H3. The van der Waals surface area contributed by atoms with Gasteiger partial charge < -0.3 is 15.0 Å². The minimum atomic E-state index is -4.64. The summed E-state index contributed by atoms with van der Waals surface area (Å²) in [7, 11) is 1.53. The van der Waals surface area contributed by atoms with Crippen LogP contribution in [-0.4, -0.2) is 30.0 Å². The van der Waals surface area contributed by atoms with E-state index in [2.05, 4.69) is 14.7 Å². The van der Waals surface area contributed by atoms with Gasteiger partial charge in [-0.25, -0.2) is 0 Å². The molecule has 0 fully saturated rings. The number of nitrogens with two attached hydrogens (primary N) is 1. The third-order valence-corrected chi connectivity index (χ3v) is 2.25. The van der Waals surface area contributed by atoms with Gasteiger partial charge >= 0.3 is 6.18 Å². The lowest BCUT2D eigenvalue weighted by atomic mass is 10.0. The predicted molar refractivity (Wildman–Crippen MR) is 52.1 cm³/mol. The second-order valence-electron chi connectivity index (χ2n) is 3.81. The maximum Gasteiger partial charge on any atom is 0.415 e. The second kappa shape index (κ2) is 5.01. The van der Waals surface area contributed by atoms with Crippen LogP contribution in [0.1, 0.15) is 25.1 Å². The van der Waals surface area contributed by atoms with E-state index in [0.29, 0.717) is 19.4 Å². The van der Waals surface area contributed by atoms with Crippen LogP contribution in [0.4, 0.5) is 13.2 Å². The van der Waals surface area contributed by atoms with Crippen LogP contribution >= 0.6 is 0 Å². The lowest BCUT2D eigenvalue weighted by Gasteiger charge is -2.22. The maximum absolute atomic E-state index is 12.6. The molecular formula is C9H14F3N3O2. The van der Waals surface area contributed by atoms with E-state index in [1.54, 1.807) is 0 Å². The van der Waals surface area contributed by atoms with Crippen LogP contribution < -0.4 is 5.73 Å². The van der Waals surface area contributed by atoms with Gasteiger partial charge in [-0.2, -0.15) is 18.2 Å². The first-order valence-electron chi connectivity index (χ1n) is 4.96. The molecule has 0 aliphatic carbocycles. The summed E-state index contributed by atoms with van der Waals surface area (Å²) in [5.41, 5.74) is 2.51. The largest absolute Gasteiger partial charge is 0.415 e. The number of aromatic nitrogens is 2. The summed E-state index contributed by atoms with van der Waals surface area (Å²) in [6.45, 7) is 1.27. The molecule has 0 amide bonds. The van der Waals surface area contributed by atoms with Gasteiger partial charge in [-0.3, -0.25) is 0 Å². The number of rotatable bonds is 5. The molecule has 1 heterocycles. The van der Waals surface area contributed by atoms with Gasteiger partial charge in [-0.15, -0.1) is 0 Å². The minimum absolute atomic E-state index is 0.193. The maximum atomic E-state index is 12.6. The molecule has 0 aromatic carbocycles. The van der Waals surface area contributed by atoms with Gasteiger partial charge in [0.15, 0.2) is 11.4 Å². The van der Waals surface area contributed by atoms with Crippen LogP contribution in [0, 0.1) is 0 Å². The number of halogens is 3. The number of nitrogens with zero attached hydrogens (tertiary/aromatic N) is 2. The van der Waals surface area contributed by atoms with Gasteiger partial charge in [0.1, 0.15) is 0 Å². The molecule has 1 unspecified atom stereocenters. The predicted octanol–water partition coefficient (Wildman–Crippen LogP) is 1.38. The highest BCUT2D eigenvalue weighted by molar-refractivity contribution is 5.04. The third kappa shape index (κ3) is 3.16. The Kier molecular flexibility index (Phi) is 4.10. The zero-order chi connectivity index (χ0) is 13.1. The molecule has 0 saturated carbocycles. The summed E-state index contributed by atoms with van der Waals surface area (Å²) in [5, 5.41) is 3.45. The van der Waals surface area contributed by atoms with Crippen molar-refractivity contribution in [3.63, 3.8) is 0 Å². The van der Waals surface area contributed by atoms with Crippen molar-refractivity contribution in [2.75, 3.05) is 13.7 Å². The molecule has 0 radical (unpaired) electrons. The average molecular weight is 253 g/mol. The fourth-order valence-corrected chi connectivity index (χ4v) is 1.06. The first kappa shape index (κ1) is 13.9. The number of alkyl halides is 3. The van der Waals surface area contributed by atoms with Gasteiger partial charge in [0.2, 0.25) is 0 Å². The molecule has 1 aromatic heterocycles. The topological polar surface area (TPSA) is 74.2 Å². The van der Waals surface area contributed by atoms with Crippen LogP contribution in [0.3, 0.4) is 0 Å². The Morgan fingerprint density at radius 2 is 2.06 bits per heavy atom. The highest BCUT2D eigenvalue weighted by Crippen LogP contribution is 2.35. The van der Waals surface area contributed by atoms with Crippen molar-refractivity contribution in [2.45, 2.75) is 31.5 Å². The van der Waals surface area contributed by atoms with E-state index in [0.717, 1.165) is 6.92 Å². The van der Waals surface area contributed by atoms with E-state index >= 15 is 0 Å². The van der Waals surface area contributed by atoms with Crippen molar-refractivity contribution in [1.29, 1.82) is 0 Å². The molecule has 98 valence electrons. The smallest absolute Gasteiger partial charge is 0.385 e. The Balaban J connectivity index is 2.74. The van der Waals surface area contributed by atoms with E-state index in [1.165, 1.54) is 7.11 Å². The molecular weight excluding hydrogens is 239 g/mol. The molecule has 8 heteroatoms. The van der Waals surface area contributed by atoms with Crippen LogP contribution in [-0.2, 0) is 16.7 Å². The lowest BCUT2D eigenvalue weighted by molar-refractivity contribution is -0.190. The molecule has 0 spiro atoms. The lowest BCUT2D eigenvalue weighted by Crippen LogP contribution is -2.48. The van der Waals surface area contributed by atoms with E-state index in [9.17, 15) is 13.2 Å². The monoisotopic (exact) mass is 253 g/mol. The number of hydrogen-bond acceptors (Lipinski definition) is 5. The molecule has 17 heavy (non-hydrogen) atoms. The Morgan fingerprint density at radius 1 is 1.41 bits per heavy atom. The normalized spacial score (nSPS) is 15.9. The SMILES string of the molecule is COCCCc1noc(C(C)(N)C(F)(F)F)n1. The minimum Gasteiger partial charge on any atom is -0.385 e. The summed E-state index contributed by atoms with van der Waals surface area (Å²) in [4.78, 5) is 3.64. The fourth-order valence-electron chi connectivity index (χ4n) is 1.06. The quantitative estimate of drug-likeness (QED) is 0.802. The van der Waals surface area contributed by atoms with Crippen LogP contribution in [0.15, 0.2) is 4.52 Å². The number of aryl methyl sites for hydroxylation is 1. The molecule has 1 rings (SSSR count). The summed E-state index contributed by atoms with van der Waals surface area (Å²) in [6, 6.07) is 0. The van der Waals surface area contributed by atoms with Gasteiger partial charge in [-0.1, -0.05) is 5.16 Å². The van der Waals surface area contributed by atoms with Gasteiger partial charge in [0.05, 0.1) is 0 Å². The zero-order valence-electron chi connectivity index (χ0n) is 9.54. The van der Waals surface area contributed by atoms with Crippen molar-refractivity contribution in [1.82, 2.24) is 10.1 Å². The van der Waals surface area contributed by atoms with Crippen molar-refractivity contribution in [3.05, 3.63) is 11.7 Å². The highest BCUT2D eigenvalue weighted by atomic mass is 19.4. The van der Waals surface area contributed by atoms with Crippen LogP contribution in [0.25, 0.3) is 0 Å². The van der Waals surface area contributed by atoms with E-state index in [1.807, 2.05) is 0 Å². The zero-order valence-corrected chi connectivity index (χ0v) is 9.54. The molecule has 1 atom stereocenters. The Hall–Kier alpha value is -1.15. The summed E-state index contributed by atoms with van der Waals surface area (Å²) in [6.07, 6.45) is -3.66. The van der Waals surface area contributed by atoms with Crippen molar-refractivity contribution < 1.29 is 22.4 Å². The Morgan fingerprint density at radius 3 is 2.59 bits per heavy atom. The van der Waals surface area contributed by atoms with Gasteiger partial charge in [0.25, 0.3) is 5.89 Å². The van der Waals surface area contributed by atoms with Gasteiger partial charge in [0, 0.05) is 20.1 Å². The average Bonchev–Trinajstić information content (AvgIpc) is 2.65. The molecule has 0 bridgehead atoms.